The summed E-state index contributed by atoms with van der Waals surface area (Å²) in [6.07, 6.45) is 0. The van der Waals surface area contributed by atoms with E-state index >= 15 is 0 Å². The van der Waals surface area contributed by atoms with E-state index in [1.165, 1.54) is 0 Å². The van der Waals surface area contributed by atoms with E-state index in [0.717, 1.165) is 0 Å². The Morgan fingerprint density at radius 3 is 2.92 bits per heavy atom. The van der Waals surface area contributed by atoms with Crippen LogP contribution in [0.4, 0.5) is 0 Å². The standard InChI is InChI=1S/C9H11NO3/c1-5(10)6-2-3-7-9(8(6)11)13-4-12-7/h2-3,5,11H,4,10H2,1H3. The van der Waals surface area contributed by atoms with Crippen LogP contribution in [0.3, 0.4) is 0 Å². The number of aromatic hydroxyl groups is 1. The van der Waals surface area contributed by atoms with Gasteiger partial charge >= 0.3 is 0 Å². The van der Waals surface area contributed by atoms with Crippen molar-refractivity contribution in [3.8, 4) is 17.2 Å². The molecule has 70 valence electrons. The lowest BCUT2D eigenvalue weighted by Crippen LogP contribution is -2.05. The lowest BCUT2D eigenvalue weighted by atomic mass is 10.1. The Hall–Kier alpha value is -1.42. The lowest BCUT2D eigenvalue weighted by molar-refractivity contribution is 0.171. The summed E-state index contributed by atoms with van der Waals surface area (Å²) in [7, 11) is 0. The molecule has 1 aromatic carbocycles. The summed E-state index contributed by atoms with van der Waals surface area (Å²) < 4.78 is 10.2. The van der Waals surface area contributed by atoms with Gasteiger partial charge in [0.05, 0.1) is 0 Å². The van der Waals surface area contributed by atoms with Crippen LogP contribution in [0.25, 0.3) is 0 Å². The van der Waals surface area contributed by atoms with Crippen LogP contribution in [0, 0.1) is 0 Å². The van der Waals surface area contributed by atoms with Crippen LogP contribution in [-0.2, 0) is 0 Å². The normalized spacial score (nSPS) is 15.8. The van der Waals surface area contributed by atoms with Crippen LogP contribution >= 0.6 is 0 Å². The monoisotopic (exact) mass is 181 g/mol. The van der Waals surface area contributed by atoms with Crippen LogP contribution in [0.1, 0.15) is 18.5 Å². The van der Waals surface area contributed by atoms with Crippen molar-refractivity contribution in [1.29, 1.82) is 0 Å². The summed E-state index contributed by atoms with van der Waals surface area (Å²) in [4.78, 5) is 0. The van der Waals surface area contributed by atoms with Gasteiger partial charge in [-0.05, 0) is 19.1 Å². The summed E-state index contributed by atoms with van der Waals surface area (Å²) in [5.41, 5.74) is 6.32. The summed E-state index contributed by atoms with van der Waals surface area (Å²) in [6, 6.07) is 3.28. The maximum absolute atomic E-state index is 9.70. The summed E-state index contributed by atoms with van der Waals surface area (Å²) in [6.45, 7) is 1.96. The molecule has 4 nitrogen and oxygen atoms in total. The Kier molecular flexibility index (Phi) is 1.77. The number of hydrogen-bond donors (Lipinski definition) is 2. The van der Waals surface area contributed by atoms with Crippen molar-refractivity contribution in [3.05, 3.63) is 17.7 Å². The maximum Gasteiger partial charge on any atom is 0.231 e. The average Bonchev–Trinajstić information content (AvgIpc) is 2.52. The minimum absolute atomic E-state index is 0.0880. The van der Waals surface area contributed by atoms with E-state index in [1.807, 2.05) is 0 Å². The molecule has 0 aromatic heterocycles. The third kappa shape index (κ3) is 1.19. The Labute approximate surface area is 75.9 Å². The van der Waals surface area contributed by atoms with E-state index in [1.54, 1.807) is 19.1 Å². The zero-order valence-corrected chi connectivity index (χ0v) is 7.28. The van der Waals surface area contributed by atoms with Crippen molar-refractivity contribution in [2.24, 2.45) is 5.73 Å². The number of phenols is 1. The number of hydrogen-bond acceptors (Lipinski definition) is 4. The summed E-state index contributed by atoms with van der Waals surface area (Å²) in [5.74, 6) is 1.06. The lowest BCUT2D eigenvalue weighted by Gasteiger charge is -2.09. The van der Waals surface area contributed by atoms with Crippen LogP contribution in [-0.4, -0.2) is 11.9 Å². The predicted octanol–water partition coefficient (Wildman–Crippen LogP) is 1.14. The first-order valence-corrected chi connectivity index (χ1v) is 4.07. The molecule has 1 heterocycles. The largest absolute Gasteiger partial charge is 0.504 e. The number of benzene rings is 1. The van der Waals surface area contributed by atoms with Gasteiger partial charge in [-0.2, -0.15) is 0 Å². The smallest absolute Gasteiger partial charge is 0.231 e. The van der Waals surface area contributed by atoms with Gasteiger partial charge in [-0.15, -0.1) is 0 Å². The molecular formula is C9H11NO3. The first kappa shape index (κ1) is 8.19. The quantitative estimate of drug-likeness (QED) is 0.681. The Balaban J connectivity index is 2.52. The zero-order chi connectivity index (χ0) is 9.42. The molecule has 0 saturated heterocycles. The Morgan fingerprint density at radius 2 is 2.23 bits per heavy atom. The zero-order valence-electron chi connectivity index (χ0n) is 7.28. The summed E-state index contributed by atoms with van der Waals surface area (Å²) in [5, 5.41) is 9.70. The van der Waals surface area contributed by atoms with Crippen molar-refractivity contribution in [2.45, 2.75) is 13.0 Å². The van der Waals surface area contributed by atoms with Crippen molar-refractivity contribution in [2.75, 3.05) is 6.79 Å². The molecule has 1 aliphatic rings. The highest BCUT2D eigenvalue weighted by atomic mass is 16.7. The first-order valence-electron chi connectivity index (χ1n) is 4.07. The van der Waals surface area contributed by atoms with Crippen molar-refractivity contribution in [1.82, 2.24) is 0 Å². The first-order chi connectivity index (χ1) is 6.20. The van der Waals surface area contributed by atoms with Gasteiger partial charge in [-0.1, -0.05) is 0 Å². The fourth-order valence-corrected chi connectivity index (χ4v) is 1.34. The Bertz CT molecular complexity index is 336. The van der Waals surface area contributed by atoms with Crippen molar-refractivity contribution >= 4 is 0 Å². The van der Waals surface area contributed by atoms with E-state index in [0.29, 0.717) is 17.1 Å². The van der Waals surface area contributed by atoms with E-state index in [-0.39, 0.29) is 18.6 Å². The minimum Gasteiger partial charge on any atom is -0.504 e. The number of phenolic OH excluding ortho intramolecular Hbond substituents is 1. The molecule has 0 amide bonds. The van der Waals surface area contributed by atoms with Gasteiger partial charge in [-0.25, -0.2) is 0 Å². The van der Waals surface area contributed by atoms with Gasteiger partial charge in [0.1, 0.15) is 0 Å². The molecule has 1 atom stereocenters. The third-order valence-electron chi connectivity index (χ3n) is 2.03. The molecule has 0 radical (unpaired) electrons. The highest BCUT2D eigenvalue weighted by Crippen LogP contribution is 2.43. The molecule has 0 spiro atoms. The molecule has 1 aromatic rings. The molecule has 1 unspecified atom stereocenters. The van der Waals surface area contributed by atoms with Crippen LogP contribution in [0.5, 0.6) is 17.2 Å². The number of ether oxygens (including phenoxy) is 2. The van der Waals surface area contributed by atoms with E-state index in [2.05, 4.69) is 0 Å². The number of rotatable bonds is 1. The highest BCUT2D eigenvalue weighted by Gasteiger charge is 2.21. The molecular weight excluding hydrogens is 170 g/mol. The third-order valence-corrected chi connectivity index (χ3v) is 2.03. The molecule has 1 aliphatic heterocycles. The van der Waals surface area contributed by atoms with Gasteiger partial charge < -0.3 is 20.3 Å². The van der Waals surface area contributed by atoms with Crippen molar-refractivity contribution < 1.29 is 14.6 Å². The Morgan fingerprint density at radius 1 is 1.46 bits per heavy atom. The molecule has 0 aliphatic carbocycles. The molecule has 4 heteroatoms. The molecule has 3 N–H and O–H groups in total. The van der Waals surface area contributed by atoms with Crippen LogP contribution in [0.2, 0.25) is 0 Å². The minimum atomic E-state index is -0.213. The van der Waals surface area contributed by atoms with E-state index in [9.17, 15) is 5.11 Å². The van der Waals surface area contributed by atoms with Gasteiger partial charge in [0, 0.05) is 11.6 Å². The second-order valence-corrected chi connectivity index (χ2v) is 3.03. The fraction of sp³-hybridized carbons (Fsp3) is 0.333. The molecule has 13 heavy (non-hydrogen) atoms. The molecule has 0 fully saturated rings. The van der Waals surface area contributed by atoms with E-state index in [4.69, 9.17) is 15.2 Å². The fourth-order valence-electron chi connectivity index (χ4n) is 1.34. The summed E-state index contributed by atoms with van der Waals surface area (Å²) >= 11 is 0. The van der Waals surface area contributed by atoms with Gasteiger partial charge in [0.15, 0.2) is 11.5 Å². The molecule has 0 bridgehead atoms. The number of nitrogens with two attached hydrogens (primary N) is 1. The van der Waals surface area contributed by atoms with E-state index < -0.39 is 0 Å². The number of fused-ring (bicyclic) bond motifs is 1. The highest BCUT2D eigenvalue weighted by molar-refractivity contribution is 5.56. The predicted molar refractivity (Wildman–Crippen MR) is 46.8 cm³/mol. The topological polar surface area (TPSA) is 64.7 Å². The maximum atomic E-state index is 9.70. The van der Waals surface area contributed by atoms with Gasteiger partial charge in [-0.3, -0.25) is 0 Å². The van der Waals surface area contributed by atoms with Crippen molar-refractivity contribution in [3.63, 3.8) is 0 Å². The molecule has 2 rings (SSSR count). The van der Waals surface area contributed by atoms with Crippen LogP contribution in [0.15, 0.2) is 12.1 Å². The second kappa shape index (κ2) is 2.81. The van der Waals surface area contributed by atoms with Gasteiger partial charge in [0.2, 0.25) is 12.5 Å². The molecule has 0 saturated carbocycles. The van der Waals surface area contributed by atoms with Crippen LogP contribution < -0.4 is 15.2 Å². The SMILES string of the molecule is CC(N)c1ccc2c(c1O)OCO2. The second-order valence-electron chi connectivity index (χ2n) is 3.03. The van der Waals surface area contributed by atoms with Gasteiger partial charge in [0.25, 0.3) is 0 Å². The average molecular weight is 181 g/mol.